The molecule has 6 heteroatoms. The van der Waals surface area contributed by atoms with Crippen molar-refractivity contribution >= 4 is 5.65 Å². The van der Waals surface area contributed by atoms with E-state index in [-0.39, 0.29) is 12.1 Å². The van der Waals surface area contributed by atoms with Crippen molar-refractivity contribution in [1.82, 2.24) is 19.6 Å². The minimum Gasteiger partial charge on any atom is -0.472 e. The van der Waals surface area contributed by atoms with Crippen LogP contribution in [-0.4, -0.2) is 31.7 Å². The fourth-order valence-corrected chi connectivity index (χ4v) is 1.68. The minimum absolute atomic E-state index is 0.176. The lowest BCUT2D eigenvalue weighted by Gasteiger charge is -2.31. The van der Waals surface area contributed by atoms with Crippen molar-refractivity contribution < 1.29 is 4.74 Å². The van der Waals surface area contributed by atoms with E-state index in [2.05, 4.69) is 15.2 Å². The zero-order chi connectivity index (χ0) is 10.3. The van der Waals surface area contributed by atoms with Crippen molar-refractivity contribution in [3.63, 3.8) is 0 Å². The first kappa shape index (κ1) is 8.60. The number of ether oxygens (including phenoxy) is 1. The molecule has 78 valence electrons. The summed E-state index contributed by atoms with van der Waals surface area (Å²) in [6.07, 6.45) is 7.03. The van der Waals surface area contributed by atoms with Gasteiger partial charge in [-0.2, -0.15) is 0 Å². The van der Waals surface area contributed by atoms with Crippen LogP contribution in [0.25, 0.3) is 5.65 Å². The molecule has 2 N–H and O–H groups in total. The Kier molecular flexibility index (Phi) is 1.81. The molecule has 0 amide bonds. The van der Waals surface area contributed by atoms with Gasteiger partial charge in [0.1, 0.15) is 12.4 Å². The van der Waals surface area contributed by atoms with Crippen LogP contribution in [0.4, 0.5) is 0 Å². The summed E-state index contributed by atoms with van der Waals surface area (Å²) >= 11 is 0. The van der Waals surface area contributed by atoms with E-state index in [1.807, 2.05) is 0 Å². The van der Waals surface area contributed by atoms with Gasteiger partial charge in [0.15, 0.2) is 0 Å². The quantitative estimate of drug-likeness (QED) is 0.746. The Bertz CT molecular complexity index is 476. The lowest BCUT2D eigenvalue weighted by molar-refractivity contribution is 0.0969. The summed E-state index contributed by atoms with van der Waals surface area (Å²) in [6, 6.07) is 0.271. The third-order valence-electron chi connectivity index (χ3n) is 2.59. The number of aromatic nitrogens is 4. The number of hydrogen-bond acceptors (Lipinski definition) is 5. The van der Waals surface area contributed by atoms with E-state index in [4.69, 9.17) is 10.5 Å². The van der Waals surface area contributed by atoms with E-state index >= 15 is 0 Å². The summed E-state index contributed by atoms with van der Waals surface area (Å²) in [5.41, 5.74) is 6.33. The summed E-state index contributed by atoms with van der Waals surface area (Å²) < 4.78 is 7.46. The maximum Gasteiger partial charge on any atom is 0.260 e. The van der Waals surface area contributed by atoms with Crippen LogP contribution in [0.3, 0.4) is 0 Å². The van der Waals surface area contributed by atoms with Gasteiger partial charge in [0.05, 0.1) is 0 Å². The molecule has 1 aliphatic carbocycles. The summed E-state index contributed by atoms with van der Waals surface area (Å²) in [6.45, 7) is 0. The smallest absolute Gasteiger partial charge is 0.260 e. The molecule has 3 rings (SSSR count). The van der Waals surface area contributed by atoms with Crippen molar-refractivity contribution in [1.29, 1.82) is 0 Å². The topological polar surface area (TPSA) is 78.3 Å². The molecule has 1 aliphatic rings. The molecule has 0 bridgehead atoms. The van der Waals surface area contributed by atoms with Gasteiger partial charge in [0.2, 0.25) is 5.65 Å². The number of rotatable bonds is 2. The van der Waals surface area contributed by atoms with Crippen LogP contribution in [0, 0.1) is 0 Å². The Balaban J connectivity index is 1.87. The third-order valence-corrected chi connectivity index (χ3v) is 2.59. The van der Waals surface area contributed by atoms with Gasteiger partial charge in [0, 0.05) is 18.4 Å². The number of nitrogens with zero attached hydrogens (tertiary/aromatic N) is 4. The van der Waals surface area contributed by atoms with Gasteiger partial charge in [-0.25, -0.2) is 4.98 Å². The molecule has 0 spiro atoms. The largest absolute Gasteiger partial charge is 0.472 e. The van der Waals surface area contributed by atoms with Crippen LogP contribution < -0.4 is 10.5 Å². The first-order chi connectivity index (χ1) is 7.33. The van der Waals surface area contributed by atoms with Crippen LogP contribution in [0.1, 0.15) is 12.8 Å². The molecule has 0 atom stereocenters. The number of fused-ring (bicyclic) bond motifs is 1. The Morgan fingerprint density at radius 2 is 2.33 bits per heavy atom. The molecular formula is C9H11N5O. The van der Waals surface area contributed by atoms with E-state index in [0.717, 1.165) is 12.8 Å². The lowest BCUT2D eigenvalue weighted by atomic mass is 9.90. The van der Waals surface area contributed by atoms with Crippen LogP contribution >= 0.6 is 0 Å². The van der Waals surface area contributed by atoms with Crippen LogP contribution in [-0.2, 0) is 0 Å². The van der Waals surface area contributed by atoms with Crippen molar-refractivity contribution in [2.75, 3.05) is 0 Å². The van der Waals surface area contributed by atoms with E-state index in [1.54, 1.807) is 23.1 Å². The Morgan fingerprint density at radius 1 is 1.47 bits per heavy atom. The van der Waals surface area contributed by atoms with E-state index in [1.165, 1.54) is 0 Å². The summed E-state index contributed by atoms with van der Waals surface area (Å²) in [4.78, 5) is 4.14. The predicted molar refractivity (Wildman–Crippen MR) is 52.4 cm³/mol. The fraction of sp³-hybridized carbons (Fsp3) is 0.444. The lowest BCUT2D eigenvalue weighted by Crippen LogP contribution is -2.43. The highest BCUT2D eigenvalue weighted by atomic mass is 16.5. The highest BCUT2D eigenvalue weighted by Crippen LogP contribution is 2.24. The van der Waals surface area contributed by atoms with Gasteiger partial charge in [-0.15, -0.1) is 10.2 Å². The molecule has 0 radical (unpaired) electrons. The average molecular weight is 205 g/mol. The second kappa shape index (κ2) is 3.16. The molecule has 1 saturated carbocycles. The predicted octanol–water partition coefficient (Wildman–Crippen LogP) is -0.00720. The molecule has 0 aromatic carbocycles. The second-order valence-corrected chi connectivity index (χ2v) is 3.77. The normalized spacial score (nSPS) is 25.1. The molecule has 0 saturated heterocycles. The SMILES string of the molecule is NC1CC(Oc2nccn3cnnc23)C1. The van der Waals surface area contributed by atoms with Gasteiger partial charge >= 0.3 is 0 Å². The van der Waals surface area contributed by atoms with Gasteiger partial charge < -0.3 is 10.5 Å². The highest BCUT2D eigenvalue weighted by Gasteiger charge is 2.28. The molecule has 2 aromatic heterocycles. The zero-order valence-corrected chi connectivity index (χ0v) is 8.08. The molecule has 0 aliphatic heterocycles. The third kappa shape index (κ3) is 1.42. The van der Waals surface area contributed by atoms with Gasteiger partial charge in [-0.3, -0.25) is 4.40 Å². The van der Waals surface area contributed by atoms with E-state index in [9.17, 15) is 0 Å². The van der Waals surface area contributed by atoms with Crippen molar-refractivity contribution in [3.8, 4) is 5.88 Å². The molecule has 2 aromatic rings. The van der Waals surface area contributed by atoms with Gasteiger partial charge in [-0.05, 0) is 12.8 Å². The fourth-order valence-electron chi connectivity index (χ4n) is 1.68. The summed E-state index contributed by atoms with van der Waals surface area (Å²) in [5.74, 6) is 0.534. The van der Waals surface area contributed by atoms with E-state index < -0.39 is 0 Å². The van der Waals surface area contributed by atoms with Crippen molar-refractivity contribution in [2.45, 2.75) is 25.0 Å². The molecule has 1 fully saturated rings. The van der Waals surface area contributed by atoms with Crippen LogP contribution in [0.2, 0.25) is 0 Å². The first-order valence-corrected chi connectivity index (χ1v) is 4.89. The molecule has 6 nitrogen and oxygen atoms in total. The standard InChI is InChI=1S/C9H11N5O/c10-6-3-7(4-6)15-9-8-13-12-5-14(8)2-1-11-9/h1-2,5-7H,3-4,10H2. The maximum absolute atomic E-state index is 5.68. The van der Waals surface area contributed by atoms with Gasteiger partial charge in [-0.1, -0.05) is 0 Å². The summed E-state index contributed by atoms with van der Waals surface area (Å²) in [7, 11) is 0. The zero-order valence-electron chi connectivity index (χ0n) is 8.08. The second-order valence-electron chi connectivity index (χ2n) is 3.77. The number of hydrogen-bond donors (Lipinski definition) is 1. The maximum atomic E-state index is 5.68. The molecule has 15 heavy (non-hydrogen) atoms. The average Bonchev–Trinajstić information content (AvgIpc) is 2.64. The molecule has 0 unspecified atom stereocenters. The molecular weight excluding hydrogens is 194 g/mol. The van der Waals surface area contributed by atoms with Crippen molar-refractivity contribution in [2.24, 2.45) is 5.73 Å². The Hall–Kier alpha value is -1.69. The number of nitrogens with two attached hydrogens (primary N) is 1. The van der Waals surface area contributed by atoms with Gasteiger partial charge in [0.25, 0.3) is 5.88 Å². The monoisotopic (exact) mass is 205 g/mol. The highest BCUT2D eigenvalue weighted by molar-refractivity contribution is 5.47. The van der Waals surface area contributed by atoms with E-state index in [0.29, 0.717) is 11.5 Å². The van der Waals surface area contributed by atoms with Crippen LogP contribution in [0.5, 0.6) is 5.88 Å². The Labute approximate surface area is 86.1 Å². The van der Waals surface area contributed by atoms with Crippen molar-refractivity contribution in [3.05, 3.63) is 18.7 Å². The molecule has 2 heterocycles. The van der Waals surface area contributed by atoms with Crippen LogP contribution in [0.15, 0.2) is 18.7 Å². The minimum atomic E-state index is 0.176. The Morgan fingerprint density at radius 3 is 3.13 bits per heavy atom. The summed E-state index contributed by atoms with van der Waals surface area (Å²) in [5, 5.41) is 7.74. The first-order valence-electron chi connectivity index (χ1n) is 4.89.